The minimum atomic E-state index is -0.328. The lowest BCUT2D eigenvalue weighted by atomic mass is 9.92. The number of phenols is 1. The molecule has 3 aromatic rings. The van der Waals surface area contributed by atoms with Crippen LogP contribution in [0.5, 0.6) is 5.75 Å². The van der Waals surface area contributed by atoms with Gasteiger partial charge >= 0.3 is 4.87 Å². The Labute approximate surface area is 226 Å². The number of aromatic hydroxyl groups is 1. The Morgan fingerprint density at radius 1 is 1.11 bits per heavy atom. The second-order valence-corrected chi connectivity index (χ2v) is 12.0. The molecule has 202 valence electrons. The van der Waals surface area contributed by atoms with Gasteiger partial charge in [-0.3, -0.25) is 9.59 Å². The third kappa shape index (κ3) is 8.55. The molecule has 37 heavy (non-hydrogen) atoms. The van der Waals surface area contributed by atoms with E-state index in [2.05, 4.69) is 10.3 Å². The first-order chi connectivity index (χ1) is 17.5. The van der Waals surface area contributed by atoms with Gasteiger partial charge in [-0.15, -0.1) is 0 Å². The molecule has 0 radical (unpaired) electrons. The van der Waals surface area contributed by atoms with E-state index < -0.39 is 0 Å². The summed E-state index contributed by atoms with van der Waals surface area (Å²) in [6.07, 6.45) is 1.80. The van der Waals surface area contributed by atoms with Gasteiger partial charge < -0.3 is 30.7 Å². The lowest BCUT2D eigenvalue weighted by Crippen LogP contribution is -2.58. The van der Waals surface area contributed by atoms with Crippen molar-refractivity contribution in [1.29, 1.82) is 0 Å². The summed E-state index contributed by atoms with van der Waals surface area (Å²) in [5.74, 6) is -0.251. The van der Waals surface area contributed by atoms with Crippen molar-refractivity contribution in [2.75, 3.05) is 45.9 Å². The summed E-state index contributed by atoms with van der Waals surface area (Å²) in [4.78, 5) is 26.0. The quantitative estimate of drug-likeness (QED) is 0.147. The molecule has 1 unspecified atom stereocenters. The first-order valence-electron chi connectivity index (χ1n) is 12.6. The highest BCUT2D eigenvalue weighted by Crippen LogP contribution is 2.28. The summed E-state index contributed by atoms with van der Waals surface area (Å²) in [7, 11) is 0. The van der Waals surface area contributed by atoms with Gasteiger partial charge in [-0.25, -0.2) is 0 Å². The fraction of sp³-hybridized carbons (Fsp3) is 0.481. The molecule has 0 saturated heterocycles. The van der Waals surface area contributed by atoms with Crippen LogP contribution in [0, 0.1) is 5.41 Å². The second-order valence-electron chi connectivity index (χ2n) is 10.5. The smallest absolute Gasteiger partial charge is 0.305 e. The Hall–Kier alpha value is -2.43. The number of fused-ring (bicyclic) bond motifs is 1. The monoisotopic (exact) mass is 549 g/mol. The number of aromatic nitrogens is 1. The molecule has 0 fully saturated rings. The number of aliphatic hydroxyl groups excluding tert-OH is 1. The number of aliphatic hydroxyl groups is 1. The number of hydrogen-bond acceptors (Lipinski definition) is 6. The average molecular weight is 550 g/mol. The van der Waals surface area contributed by atoms with Crippen molar-refractivity contribution < 1.29 is 19.5 Å². The molecule has 2 aromatic carbocycles. The Balaban J connectivity index is 1.69. The van der Waals surface area contributed by atoms with E-state index >= 15 is 0 Å². The average Bonchev–Trinajstić information content (AvgIpc) is 3.26. The minimum absolute atomic E-state index is 0.0499. The van der Waals surface area contributed by atoms with E-state index in [-0.39, 0.29) is 35.0 Å². The van der Waals surface area contributed by atoms with E-state index in [1.54, 1.807) is 6.07 Å². The van der Waals surface area contributed by atoms with Gasteiger partial charge in [0.2, 0.25) is 5.91 Å². The maximum Gasteiger partial charge on any atom is 0.305 e. The Morgan fingerprint density at radius 2 is 1.84 bits per heavy atom. The largest absolute Gasteiger partial charge is 0.506 e. The Kier molecular flexibility index (Phi) is 10.1. The summed E-state index contributed by atoms with van der Waals surface area (Å²) in [6.45, 7) is 8.42. The summed E-state index contributed by atoms with van der Waals surface area (Å²) in [5, 5.41) is 24.2. The van der Waals surface area contributed by atoms with Crippen LogP contribution < -0.4 is 15.9 Å². The molecule has 0 aliphatic heterocycles. The highest BCUT2D eigenvalue weighted by atomic mass is 35.5. The Morgan fingerprint density at radius 3 is 2.51 bits per heavy atom. The van der Waals surface area contributed by atoms with Gasteiger partial charge in [-0.2, -0.15) is 0 Å². The SMILES string of the molecule is CC(C)(CO)C[N+](CCNCCc1ccc(O)c2[nH]c(=O)sc12)(CCC(N)=O)CCc1ccc(Cl)cc1. The third-order valence-corrected chi connectivity index (χ3v) is 8.00. The molecule has 1 aromatic heterocycles. The lowest BCUT2D eigenvalue weighted by molar-refractivity contribution is -0.932. The molecular formula is C27H38ClN4O4S+. The van der Waals surface area contributed by atoms with Crippen molar-refractivity contribution in [2.45, 2.75) is 33.1 Å². The standard InChI is InChI=1S/C27H37ClN4O4S/c1-27(2,18-33)17-32(15-11-23(29)35,14-10-19-3-6-21(28)7-4-19)16-13-30-12-9-20-5-8-22(34)24-25(20)37-26(36)31-24/h3-8,30,33H,9-18H2,1-2H3,(H3-,29,31,34,35,36)/p+1. The van der Waals surface area contributed by atoms with E-state index in [0.717, 1.165) is 41.1 Å². The number of nitrogens with one attached hydrogen (secondary N) is 2. The van der Waals surface area contributed by atoms with Crippen molar-refractivity contribution >= 4 is 39.1 Å². The maximum absolute atomic E-state index is 11.8. The predicted molar refractivity (Wildman–Crippen MR) is 150 cm³/mol. The number of quaternary nitrogens is 1. The molecule has 1 amide bonds. The normalized spacial score (nSPS) is 13.6. The molecule has 1 atom stereocenters. The number of thiazole rings is 1. The van der Waals surface area contributed by atoms with Gasteiger partial charge in [-0.1, -0.05) is 55.0 Å². The fourth-order valence-corrected chi connectivity index (χ4v) is 5.85. The molecule has 3 rings (SSSR count). The molecule has 1 heterocycles. The molecule has 0 spiro atoms. The van der Waals surface area contributed by atoms with E-state index in [0.29, 0.717) is 47.6 Å². The molecule has 8 nitrogen and oxygen atoms in total. The van der Waals surface area contributed by atoms with Crippen molar-refractivity contribution in [1.82, 2.24) is 10.3 Å². The minimum Gasteiger partial charge on any atom is -0.506 e. The van der Waals surface area contributed by atoms with Gasteiger partial charge in [0.05, 0.1) is 43.9 Å². The number of nitrogens with two attached hydrogens (primary N) is 1. The first-order valence-corrected chi connectivity index (χ1v) is 13.8. The number of carbonyl (C=O) groups is 1. The zero-order valence-electron chi connectivity index (χ0n) is 21.6. The van der Waals surface area contributed by atoms with Crippen LogP contribution in [-0.2, 0) is 17.6 Å². The van der Waals surface area contributed by atoms with Crippen LogP contribution in [0.1, 0.15) is 31.4 Å². The highest BCUT2D eigenvalue weighted by Gasteiger charge is 2.35. The van der Waals surface area contributed by atoms with Crippen LogP contribution in [-0.4, -0.2) is 71.5 Å². The number of halogens is 1. The van der Waals surface area contributed by atoms with Crippen LogP contribution in [0.15, 0.2) is 41.2 Å². The molecular weight excluding hydrogens is 512 g/mol. The van der Waals surface area contributed by atoms with Gasteiger partial charge in [0.25, 0.3) is 0 Å². The third-order valence-electron chi connectivity index (χ3n) is 6.79. The number of H-pyrrole nitrogens is 1. The number of phenolic OH excluding ortho intramolecular Hbond substituents is 1. The summed E-state index contributed by atoms with van der Waals surface area (Å²) < 4.78 is 1.43. The number of carbonyl (C=O) groups excluding carboxylic acids is 1. The van der Waals surface area contributed by atoms with Gasteiger partial charge in [0.1, 0.15) is 11.3 Å². The predicted octanol–water partition coefficient (Wildman–Crippen LogP) is 3.03. The van der Waals surface area contributed by atoms with Crippen LogP contribution in [0.2, 0.25) is 5.02 Å². The van der Waals surface area contributed by atoms with Gasteiger partial charge in [0, 0.05) is 23.4 Å². The first kappa shape index (κ1) is 29.1. The number of nitrogens with zero attached hydrogens (tertiary/aromatic N) is 1. The van der Waals surface area contributed by atoms with Crippen molar-refractivity contribution in [3.05, 3.63) is 62.2 Å². The van der Waals surface area contributed by atoms with E-state index in [4.69, 9.17) is 17.3 Å². The highest BCUT2D eigenvalue weighted by molar-refractivity contribution is 7.16. The number of amides is 1. The van der Waals surface area contributed by atoms with Gasteiger partial charge in [0.15, 0.2) is 0 Å². The molecule has 0 aliphatic carbocycles. The van der Waals surface area contributed by atoms with Crippen LogP contribution in [0.25, 0.3) is 10.2 Å². The molecule has 0 aliphatic rings. The summed E-state index contributed by atoms with van der Waals surface area (Å²) in [6, 6.07) is 11.3. The number of rotatable bonds is 15. The number of primary amides is 1. The zero-order valence-corrected chi connectivity index (χ0v) is 23.1. The number of benzene rings is 2. The van der Waals surface area contributed by atoms with Crippen molar-refractivity contribution in [3.8, 4) is 5.75 Å². The summed E-state index contributed by atoms with van der Waals surface area (Å²) >= 11 is 7.16. The van der Waals surface area contributed by atoms with Crippen LogP contribution in [0.3, 0.4) is 0 Å². The molecule has 6 N–H and O–H groups in total. The molecule has 10 heteroatoms. The van der Waals surface area contributed by atoms with Crippen LogP contribution in [0.4, 0.5) is 0 Å². The van der Waals surface area contributed by atoms with Crippen molar-refractivity contribution in [3.63, 3.8) is 0 Å². The molecule has 0 bridgehead atoms. The Bertz CT molecular complexity index is 1240. The second kappa shape index (κ2) is 12.9. The zero-order chi connectivity index (χ0) is 27.1. The summed E-state index contributed by atoms with van der Waals surface area (Å²) in [5.41, 5.74) is 7.89. The van der Waals surface area contributed by atoms with Crippen LogP contribution >= 0.6 is 22.9 Å². The topological polar surface area (TPSA) is 128 Å². The van der Waals surface area contributed by atoms with E-state index in [1.165, 1.54) is 5.56 Å². The maximum atomic E-state index is 11.8. The van der Waals surface area contributed by atoms with E-state index in [9.17, 15) is 19.8 Å². The molecule has 0 saturated carbocycles. The number of hydrogen-bond donors (Lipinski definition) is 5. The van der Waals surface area contributed by atoms with Gasteiger partial charge in [-0.05, 0) is 42.3 Å². The number of aromatic amines is 1. The fourth-order valence-electron chi connectivity index (χ4n) is 4.83. The lowest BCUT2D eigenvalue weighted by Gasteiger charge is -2.43. The van der Waals surface area contributed by atoms with E-state index in [1.807, 2.05) is 44.2 Å². The van der Waals surface area contributed by atoms with Crippen molar-refractivity contribution in [2.24, 2.45) is 11.1 Å².